The van der Waals surface area contributed by atoms with E-state index in [1.165, 1.54) is 5.56 Å². The topological polar surface area (TPSA) is 79.2 Å². The molecule has 1 fully saturated rings. The lowest BCUT2D eigenvalue weighted by Crippen LogP contribution is -2.50. The molecule has 1 unspecified atom stereocenters. The monoisotopic (exact) mass is 328 g/mol. The number of carbonyl (C=O) groups excluding carboxylic acids is 1. The lowest BCUT2D eigenvalue weighted by Gasteiger charge is -2.36. The maximum Gasteiger partial charge on any atom is 0.315 e. The van der Waals surface area contributed by atoms with E-state index in [0.717, 1.165) is 24.8 Å². The first kappa shape index (κ1) is 16.5. The zero-order valence-corrected chi connectivity index (χ0v) is 13.9. The van der Waals surface area contributed by atoms with Crippen LogP contribution in [0.2, 0.25) is 0 Å². The summed E-state index contributed by atoms with van der Waals surface area (Å²) in [7, 11) is 0. The third kappa shape index (κ3) is 4.14. The van der Waals surface area contributed by atoms with Crippen LogP contribution in [0.4, 0.5) is 4.79 Å². The molecule has 1 aromatic heterocycles. The average Bonchev–Trinajstić information content (AvgIpc) is 3.01. The number of aromatic nitrogens is 2. The van der Waals surface area contributed by atoms with Crippen molar-refractivity contribution in [3.8, 4) is 0 Å². The molecule has 1 aromatic carbocycles. The Morgan fingerprint density at radius 1 is 1.38 bits per heavy atom. The second-order valence-electron chi connectivity index (χ2n) is 6.58. The van der Waals surface area contributed by atoms with Crippen molar-refractivity contribution < 1.29 is 9.90 Å². The summed E-state index contributed by atoms with van der Waals surface area (Å²) in [5, 5.41) is 20.0. The maximum atomic E-state index is 12.0. The Morgan fingerprint density at radius 2 is 2.12 bits per heavy atom. The molecule has 6 nitrogen and oxygen atoms in total. The van der Waals surface area contributed by atoms with E-state index in [9.17, 15) is 9.90 Å². The molecular weight excluding hydrogens is 304 g/mol. The molecule has 6 heteroatoms. The predicted octanol–water partition coefficient (Wildman–Crippen LogP) is 2.21. The fourth-order valence-electron chi connectivity index (χ4n) is 2.80. The van der Waals surface area contributed by atoms with Crippen molar-refractivity contribution in [1.82, 2.24) is 20.4 Å². The van der Waals surface area contributed by atoms with Gasteiger partial charge in [0.05, 0.1) is 24.4 Å². The molecule has 1 heterocycles. The number of rotatable bonds is 6. The van der Waals surface area contributed by atoms with Gasteiger partial charge in [0.25, 0.3) is 0 Å². The van der Waals surface area contributed by atoms with Crippen molar-refractivity contribution in [3.05, 3.63) is 53.9 Å². The molecule has 1 saturated carbocycles. The van der Waals surface area contributed by atoms with Gasteiger partial charge in [-0.25, -0.2) is 4.79 Å². The summed E-state index contributed by atoms with van der Waals surface area (Å²) in [4.78, 5) is 12.0. The molecule has 0 radical (unpaired) electrons. The van der Waals surface area contributed by atoms with E-state index < -0.39 is 5.60 Å². The first-order chi connectivity index (χ1) is 11.5. The Hall–Kier alpha value is -2.34. The zero-order chi connectivity index (χ0) is 17.0. The van der Waals surface area contributed by atoms with Gasteiger partial charge in [0, 0.05) is 18.3 Å². The fourth-order valence-corrected chi connectivity index (χ4v) is 2.80. The van der Waals surface area contributed by atoms with Crippen LogP contribution in [0.3, 0.4) is 0 Å². The molecule has 0 aliphatic heterocycles. The summed E-state index contributed by atoms with van der Waals surface area (Å²) in [6, 6.07) is 9.70. The summed E-state index contributed by atoms with van der Waals surface area (Å²) in [6.07, 6.45) is 6.26. The van der Waals surface area contributed by atoms with Gasteiger partial charge >= 0.3 is 6.03 Å². The SMILES string of the molecule is CC(NC(=O)NCC1(O)CCC1)c1cnn(Cc2ccccc2)c1. The minimum atomic E-state index is -0.707. The number of urea groups is 1. The van der Waals surface area contributed by atoms with Crippen molar-refractivity contribution in [1.29, 1.82) is 0 Å². The highest BCUT2D eigenvalue weighted by Crippen LogP contribution is 2.30. The summed E-state index contributed by atoms with van der Waals surface area (Å²) < 4.78 is 1.86. The minimum absolute atomic E-state index is 0.148. The highest BCUT2D eigenvalue weighted by atomic mass is 16.3. The standard InChI is InChI=1S/C18H24N4O2/c1-14(21-17(23)19-13-18(24)8-5-9-18)16-10-20-22(12-16)11-15-6-3-2-4-7-15/h2-4,6-7,10,12,14,24H,5,8-9,11,13H2,1H3,(H2,19,21,23). The van der Waals surface area contributed by atoms with Crippen LogP contribution in [-0.4, -0.2) is 33.1 Å². The number of carbonyl (C=O) groups is 1. The van der Waals surface area contributed by atoms with Crippen LogP contribution < -0.4 is 10.6 Å². The predicted molar refractivity (Wildman–Crippen MR) is 91.5 cm³/mol. The Kier molecular flexibility index (Phi) is 4.85. The van der Waals surface area contributed by atoms with Gasteiger partial charge in [-0.1, -0.05) is 30.3 Å². The molecule has 0 spiro atoms. The molecule has 0 saturated heterocycles. The van der Waals surface area contributed by atoms with Gasteiger partial charge in [0.15, 0.2) is 0 Å². The van der Waals surface area contributed by atoms with E-state index in [-0.39, 0.29) is 12.1 Å². The van der Waals surface area contributed by atoms with E-state index >= 15 is 0 Å². The van der Waals surface area contributed by atoms with Crippen LogP contribution in [0, 0.1) is 0 Å². The van der Waals surface area contributed by atoms with E-state index in [4.69, 9.17) is 0 Å². The summed E-state index contributed by atoms with van der Waals surface area (Å²) in [6.45, 7) is 2.92. The van der Waals surface area contributed by atoms with Crippen molar-refractivity contribution in [2.75, 3.05) is 6.54 Å². The number of benzene rings is 1. The highest BCUT2D eigenvalue weighted by molar-refractivity contribution is 5.74. The van der Waals surface area contributed by atoms with Gasteiger partial charge in [-0.15, -0.1) is 0 Å². The largest absolute Gasteiger partial charge is 0.388 e. The van der Waals surface area contributed by atoms with E-state index in [2.05, 4.69) is 27.9 Å². The lowest BCUT2D eigenvalue weighted by atomic mass is 9.80. The average molecular weight is 328 g/mol. The summed E-state index contributed by atoms with van der Waals surface area (Å²) >= 11 is 0. The first-order valence-electron chi connectivity index (χ1n) is 8.37. The first-order valence-corrected chi connectivity index (χ1v) is 8.37. The van der Waals surface area contributed by atoms with E-state index in [0.29, 0.717) is 13.1 Å². The van der Waals surface area contributed by atoms with Gasteiger partial charge in [-0.05, 0) is 31.7 Å². The van der Waals surface area contributed by atoms with Crippen molar-refractivity contribution in [2.45, 2.75) is 44.4 Å². The van der Waals surface area contributed by atoms with E-state index in [1.807, 2.05) is 36.0 Å². The number of nitrogens with zero attached hydrogens (tertiary/aromatic N) is 2. The van der Waals surface area contributed by atoms with Crippen LogP contribution in [-0.2, 0) is 6.54 Å². The normalized spacial score (nSPS) is 16.9. The number of amides is 2. The van der Waals surface area contributed by atoms with Gasteiger partial charge < -0.3 is 15.7 Å². The molecule has 3 rings (SSSR count). The number of aliphatic hydroxyl groups is 1. The van der Waals surface area contributed by atoms with Crippen LogP contribution >= 0.6 is 0 Å². The Balaban J connectivity index is 1.49. The lowest BCUT2D eigenvalue weighted by molar-refractivity contribution is -0.0290. The zero-order valence-electron chi connectivity index (χ0n) is 13.9. The molecule has 1 aliphatic rings. The summed E-state index contributed by atoms with van der Waals surface area (Å²) in [5.41, 5.74) is 1.42. The number of hydrogen-bond donors (Lipinski definition) is 3. The second-order valence-corrected chi connectivity index (χ2v) is 6.58. The highest BCUT2D eigenvalue weighted by Gasteiger charge is 2.34. The van der Waals surface area contributed by atoms with Crippen molar-refractivity contribution in [2.24, 2.45) is 0 Å². The Labute approximate surface area is 141 Å². The minimum Gasteiger partial charge on any atom is -0.388 e. The third-order valence-corrected chi connectivity index (χ3v) is 4.55. The maximum absolute atomic E-state index is 12.0. The van der Waals surface area contributed by atoms with Crippen molar-refractivity contribution in [3.63, 3.8) is 0 Å². The quantitative estimate of drug-likeness (QED) is 0.760. The third-order valence-electron chi connectivity index (χ3n) is 4.55. The number of hydrogen-bond acceptors (Lipinski definition) is 3. The van der Waals surface area contributed by atoms with Crippen LogP contribution in [0.5, 0.6) is 0 Å². The molecule has 1 atom stereocenters. The summed E-state index contributed by atoms with van der Waals surface area (Å²) in [5.74, 6) is 0. The molecule has 2 amide bonds. The Morgan fingerprint density at radius 3 is 2.79 bits per heavy atom. The van der Waals surface area contributed by atoms with Crippen LogP contribution in [0.15, 0.2) is 42.7 Å². The molecule has 1 aliphatic carbocycles. The van der Waals surface area contributed by atoms with Gasteiger partial charge in [-0.2, -0.15) is 5.10 Å². The smallest absolute Gasteiger partial charge is 0.315 e. The molecule has 2 aromatic rings. The Bertz CT molecular complexity index is 679. The van der Waals surface area contributed by atoms with Gasteiger partial charge in [0.2, 0.25) is 0 Å². The number of nitrogens with one attached hydrogen (secondary N) is 2. The van der Waals surface area contributed by atoms with Crippen LogP contribution in [0.1, 0.15) is 43.4 Å². The van der Waals surface area contributed by atoms with E-state index in [1.54, 1.807) is 6.20 Å². The second kappa shape index (κ2) is 7.05. The molecule has 3 N–H and O–H groups in total. The van der Waals surface area contributed by atoms with Gasteiger partial charge in [0.1, 0.15) is 0 Å². The van der Waals surface area contributed by atoms with Gasteiger partial charge in [-0.3, -0.25) is 4.68 Å². The van der Waals surface area contributed by atoms with Crippen molar-refractivity contribution >= 4 is 6.03 Å². The molecule has 128 valence electrons. The molecule has 0 bridgehead atoms. The molecule has 24 heavy (non-hydrogen) atoms. The molecular formula is C18H24N4O2. The fraction of sp³-hybridized carbons (Fsp3) is 0.444. The van der Waals surface area contributed by atoms with Crippen LogP contribution in [0.25, 0.3) is 0 Å².